The summed E-state index contributed by atoms with van der Waals surface area (Å²) < 4.78 is 6.92. The Hall–Kier alpha value is -2.14. The van der Waals surface area contributed by atoms with Crippen LogP contribution in [0.1, 0.15) is 56.5 Å². The van der Waals surface area contributed by atoms with E-state index in [1.54, 1.807) is 0 Å². The zero-order valence-electron chi connectivity index (χ0n) is 15.5. The molecule has 0 spiro atoms. The van der Waals surface area contributed by atoms with Gasteiger partial charge in [-0.25, -0.2) is 4.68 Å². The molecule has 5 heteroatoms. The molecule has 1 heterocycles. The third kappa shape index (κ3) is 3.76. The molecule has 3 rings (SSSR count). The van der Waals surface area contributed by atoms with Crippen molar-refractivity contribution in [3.05, 3.63) is 47.3 Å². The smallest absolute Gasteiger partial charge is 0.246 e. The van der Waals surface area contributed by atoms with Gasteiger partial charge in [0.25, 0.3) is 0 Å². The van der Waals surface area contributed by atoms with Crippen LogP contribution in [0.25, 0.3) is 5.69 Å². The Bertz CT molecular complexity index is 741. The molecular formula is C20H27N3O2. The van der Waals surface area contributed by atoms with Gasteiger partial charge in [-0.15, -0.1) is 0 Å². The van der Waals surface area contributed by atoms with Crippen LogP contribution in [0, 0.1) is 0 Å². The Morgan fingerprint density at radius 1 is 1.32 bits per heavy atom. The number of benzene rings is 1. The summed E-state index contributed by atoms with van der Waals surface area (Å²) in [4.78, 5) is 11.9. The minimum atomic E-state index is -0.0809. The second kappa shape index (κ2) is 7.00. The molecule has 0 aliphatic heterocycles. The molecule has 0 fully saturated rings. The van der Waals surface area contributed by atoms with E-state index in [0.717, 1.165) is 30.5 Å². The normalized spacial score (nSPS) is 17.2. The van der Waals surface area contributed by atoms with Gasteiger partial charge in [-0.1, -0.05) is 32.9 Å². The van der Waals surface area contributed by atoms with Crippen LogP contribution in [0.4, 0.5) is 0 Å². The SMILES string of the molecule is COCC(=O)N[C@@H]1CCCc2c1cnn2-c1ccc(C(C)(C)C)cc1. The third-order valence-corrected chi connectivity index (χ3v) is 4.77. The number of hydrogen-bond donors (Lipinski definition) is 1. The topological polar surface area (TPSA) is 56.1 Å². The summed E-state index contributed by atoms with van der Waals surface area (Å²) >= 11 is 0. The summed E-state index contributed by atoms with van der Waals surface area (Å²) in [6.45, 7) is 6.73. The monoisotopic (exact) mass is 341 g/mol. The predicted octanol–water partition coefficient (Wildman–Crippen LogP) is 3.31. The average Bonchev–Trinajstić information content (AvgIpc) is 2.99. The average molecular weight is 341 g/mol. The lowest BCUT2D eigenvalue weighted by molar-refractivity contribution is -0.125. The van der Waals surface area contributed by atoms with E-state index < -0.39 is 0 Å². The minimum absolute atomic E-state index is 0.0222. The molecule has 5 nitrogen and oxygen atoms in total. The van der Waals surface area contributed by atoms with Crippen LogP contribution >= 0.6 is 0 Å². The molecule has 25 heavy (non-hydrogen) atoms. The van der Waals surface area contributed by atoms with Crippen LogP contribution in [0.15, 0.2) is 30.5 Å². The summed E-state index contributed by atoms with van der Waals surface area (Å²) in [6.07, 6.45) is 4.85. The third-order valence-electron chi connectivity index (χ3n) is 4.77. The first-order valence-corrected chi connectivity index (χ1v) is 8.86. The molecular weight excluding hydrogens is 314 g/mol. The zero-order valence-corrected chi connectivity index (χ0v) is 15.5. The van der Waals surface area contributed by atoms with E-state index in [1.165, 1.54) is 18.4 Å². The standard InChI is InChI=1S/C20H27N3O2/c1-20(2,3)14-8-10-15(11-9-14)23-18-7-5-6-17(16(18)12-21-23)22-19(24)13-25-4/h8-12,17H,5-7,13H2,1-4H3,(H,22,24)/t17-/m1/s1. The minimum Gasteiger partial charge on any atom is -0.375 e. The molecule has 0 bridgehead atoms. The Labute approximate surface area is 149 Å². The second-order valence-electron chi connectivity index (χ2n) is 7.70. The number of rotatable bonds is 4. The van der Waals surface area contributed by atoms with Gasteiger partial charge in [0.05, 0.1) is 17.9 Å². The molecule has 0 radical (unpaired) electrons. The maximum atomic E-state index is 11.9. The number of nitrogens with zero attached hydrogens (tertiary/aromatic N) is 2. The van der Waals surface area contributed by atoms with Crippen molar-refractivity contribution in [3.8, 4) is 5.69 Å². The summed E-state index contributed by atoms with van der Waals surface area (Å²) in [7, 11) is 1.53. The molecule has 0 unspecified atom stereocenters. The lowest BCUT2D eigenvalue weighted by Crippen LogP contribution is -2.33. The molecule has 1 aromatic heterocycles. The first-order valence-electron chi connectivity index (χ1n) is 8.86. The molecule has 1 aliphatic carbocycles. The van der Waals surface area contributed by atoms with Crippen LogP contribution < -0.4 is 5.32 Å². The molecule has 134 valence electrons. The number of carbonyl (C=O) groups is 1. The number of ether oxygens (including phenoxy) is 1. The Balaban J connectivity index is 1.86. The van der Waals surface area contributed by atoms with E-state index in [1.807, 2.05) is 10.9 Å². The number of amides is 1. The number of nitrogens with one attached hydrogen (secondary N) is 1. The number of methoxy groups -OCH3 is 1. The van der Waals surface area contributed by atoms with E-state index in [-0.39, 0.29) is 24.0 Å². The lowest BCUT2D eigenvalue weighted by atomic mass is 9.87. The molecule has 1 aromatic carbocycles. The molecule has 0 saturated heterocycles. The molecule has 2 aromatic rings. The quantitative estimate of drug-likeness (QED) is 0.928. The first-order chi connectivity index (χ1) is 11.9. The molecule has 0 saturated carbocycles. The van der Waals surface area contributed by atoms with Crippen molar-refractivity contribution in [1.29, 1.82) is 0 Å². The van der Waals surface area contributed by atoms with Gasteiger partial charge in [0, 0.05) is 18.4 Å². The maximum absolute atomic E-state index is 11.9. The fraction of sp³-hybridized carbons (Fsp3) is 0.500. The van der Waals surface area contributed by atoms with E-state index in [0.29, 0.717) is 0 Å². The van der Waals surface area contributed by atoms with Crippen molar-refractivity contribution in [1.82, 2.24) is 15.1 Å². The van der Waals surface area contributed by atoms with Gasteiger partial charge in [0.15, 0.2) is 0 Å². The second-order valence-corrected chi connectivity index (χ2v) is 7.70. The first kappa shape index (κ1) is 17.7. The van der Waals surface area contributed by atoms with Crippen LogP contribution in [-0.2, 0) is 21.4 Å². The van der Waals surface area contributed by atoms with Crippen LogP contribution in [-0.4, -0.2) is 29.4 Å². The predicted molar refractivity (Wildman–Crippen MR) is 98.0 cm³/mol. The van der Waals surface area contributed by atoms with E-state index in [9.17, 15) is 4.79 Å². The van der Waals surface area contributed by atoms with Crippen molar-refractivity contribution >= 4 is 5.91 Å². The van der Waals surface area contributed by atoms with E-state index in [4.69, 9.17) is 4.74 Å². The van der Waals surface area contributed by atoms with Gasteiger partial charge < -0.3 is 10.1 Å². The number of hydrogen-bond acceptors (Lipinski definition) is 3. The highest BCUT2D eigenvalue weighted by molar-refractivity contribution is 5.77. The largest absolute Gasteiger partial charge is 0.375 e. The zero-order chi connectivity index (χ0) is 18.0. The highest BCUT2D eigenvalue weighted by Gasteiger charge is 2.26. The summed E-state index contributed by atoms with van der Waals surface area (Å²) in [6, 6.07) is 8.62. The number of carbonyl (C=O) groups excluding carboxylic acids is 1. The fourth-order valence-electron chi connectivity index (χ4n) is 3.40. The summed E-state index contributed by atoms with van der Waals surface area (Å²) in [5.74, 6) is -0.0809. The fourth-order valence-corrected chi connectivity index (χ4v) is 3.40. The van der Waals surface area contributed by atoms with Crippen LogP contribution in [0.5, 0.6) is 0 Å². The Morgan fingerprint density at radius 2 is 2.04 bits per heavy atom. The van der Waals surface area contributed by atoms with Crippen LogP contribution in [0.3, 0.4) is 0 Å². The number of fused-ring (bicyclic) bond motifs is 1. The highest BCUT2D eigenvalue weighted by atomic mass is 16.5. The van der Waals surface area contributed by atoms with Gasteiger partial charge in [-0.05, 0) is 42.4 Å². The molecule has 1 aliphatic rings. The summed E-state index contributed by atoms with van der Waals surface area (Å²) in [5.41, 5.74) is 4.83. The van der Waals surface area contributed by atoms with Crippen molar-refractivity contribution < 1.29 is 9.53 Å². The van der Waals surface area contributed by atoms with Gasteiger partial charge in [0.2, 0.25) is 5.91 Å². The van der Waals surface area contributed by atoms with Gasteiger partial charge in [-0.2, -0.15) is 5.10 Å². The maximum Gasteiger partial charge on any atom is 0.246 e. The van der Waals surface area contributed by atoms with Crippen LogP contribution in [0.2, 0.25) is 0 Å². The van der Waals surface area contributed by atoms with E-state index in [2.05, 4.69) is 55.5 Å². The number of aromatic nitrogens is 2. The lowest BCUT2D eigenvalue weighted by Gasteiger charge is -2.24. The van der Waals surface area contributed by atoms with Gasteiger partial charge in [0.1, 0.15) is 6.61 Å². The van der Waals surface area contributed by atoms with E-state index >= 15 is 0 Å². The Kier molecular flexibility index (Phi) is 4.95. The molecule has 1 N–H and O–H groups in total. The molecule has 1 atom stereocenters. The summed E-state index contributed by atoms with van der Waals surface area (Å²) in [5, 5.41) is 7.65. The Morgan fingerprint density at radius 3 is 2.68 bits per heavy atom. The van der Waals surface area contributed by atoms with Gasteiger partial charge >= 0.3 is 0 Å². The van der Waals surface area contributed by atoms with Crippen molar-refractivity contribution in [2.75, 3.05) is 13.7 Å². The van der Waals surface area contributed by atoms with Gasteiger partial charge in [-0.3, -0.25) is 4.79 Å². The van der Waals surface area contributed by atoms with Crippen molar-refractivity contribution in [2.24, 2.45) is 0 Å². The highest BCUT2D eigenvalue weighted by Crippen LogP contribution is 2.31. The van der Waals surface area contributed by atoms with Crippen molar-refractivity contribution in [3.63, 3.8) is 0 Å². The molecule has 1 amide bonds. The van der Waals surface area contributed by atoms with Crippen molar-refractivity contribution in [2.45, 2.75) is 51.5 Å².